The normalized spacial score (nSPS) is 10.9. The van der Waals surface area contributed by atoms with Crippen LogP contribution >= 0.6 is 0 Å². The monoisotopic (exact) mass is 311 g/mol. The summed E-state index contributed by atoms with van der Waals surface area (Å²) < 4.78 is 24.9. The van der Waals surface area contributed by atoms with E-state index in [1.165, 1.54) is 0 Å². The largest absolute Gasteiger partial charge is 0.271 e. The summed E-state index contributed by atoms with van der Waals surface area (Å²) in [4.78, 5) is 11.8. The van der Waals surface area contributed by atoms with Crippen molar-refractivity contribution in [3.05, 3.63) is 29.3 Å². The Hall–Kier alpha value is -1.89. The van der Waals surface area contributed by atoms with Crippen LogP contribution in [0, 0.1) is 13.8 Å². The van der Waals surface area contributed by atoms with E-state index in [1.807, 2.05) is 19.9 Å². The molecule has 1 N–H and O–H groups in total. The van der Waals surface area contributed by atoms with Gasteiger partial charge < -0.3 is 0 Å². The molecule has 0 aliphatic carbocycles. The van der Waals surface area contributed by atoms with Gasteiger partial charge in [0, 0.05) is 5.71 Å². The highest BCUT2D eigenvalue weighted by atomic mass is 32.2. The van der Waals surface area contributed by atoms with Gasteiger partial charge >= 0.3 is 0 Å². The van der Waals surface area contributed by atoms with E-state index in [2.05, 4.69) is 10.5 Å². The van der Waals surface area contributed by atoms with E-state index in [4.69, 9.17) is 0 Å². The number of hydrogen-bond acceptors (Lipinski definition) is 4. The van der Waals surface area contributed by atoms with Crippen LogP contribution in [0.5, 0.6) is 0 Å². The summed E-state index contributed by atoms with van der Waals surface area (Å²) in [6.07, 6.45) is 1.07. The fourth-order valence-electron chi connectivity index (χ4n) is 1.62. The van der Waals surface area contributed by atoms with Crippen molar-refractivity contribution < 1.29 is 13.2 Å². The summed E-state index contributed by atoms with van der Waals surface area (Å²) in [5.74, 6) is -0.486. The number of benzene rings is 1. The molecule has 0 fully saturated rings. The minimum atomic E-state index is -3.56. The molecule has 0 saturated carbocycles. The van der Waals surface area contributed by atoms with Crippen LogP contribution < -0.4 is 9.73 Å². The molecule has 1 rings (SSSR count). The highest BCUT2D eigenvalue weighted by Gasteiger charge is 2.21. The van der Waals surface area contributed by atoms with Crippen molar-refractivity contribution in [2.24, 2.45) is 5.10 Å². The quantitative estimate of drug-likeness (QED) is 0.662. The first-order valence-electron chi connectivity index (χ1n) is 6.46. The molecule has 0 unspecified atom stereocenters. The van der Waals surface area contributed by atoms with Crippen LogP contribution in [-0.2, 0) is 14.8 Å². The first-order chi connectivity index (χ1) is 9.61. The van der Waals surface area contributed by atoms with Crippen molar-refractivity contribution in [1.29, 1.82) is 0 Å². The predicted octanol–water partition coefficient (Wildman–Crippen LogP) is 1.58. The maximum Gasteiger partial charge on any atom is 0.260 e. The Morgan fingerprint density at radius 1 is 1.24 bits per heavy atom. The van der Waals surface area contributed by atoms with Crippen LogP contribution in [0.25, 0.3) is 0 Å². The molecular weight excluding hydrogens is 290 g/mol. The van der Waals surface area contributed by atoms with Gasteiger partial charge in [-0.15, -0.1) is 0 Å². The number of sulfonamides is 1. The van der Waals surface area contributed by atoms with Gasteiger partial charge in [0.05, 0.1) is 11.9 Å². The van der Waals surface area contributed by atoms with Crippen LogP contribution in [0.3, 0.4) is 0 Å². The summed E-state index contributed by atoms with van der Waals surface area (Å²) in [5.41, 5.74) is 5.49. The molecule has 0 bridgehead atoms. The second-order valence-corrected chi connectivity index (χ2v) is 7.04. The number of carbonyl (C=O) groups excluding carboxylic acids is 1. The van der Waals surface area contributed by atoms with Gasteiger partial charge in [-0.1, -0.05) is 6.07 Å². The number of hydrogen-bond donors (Lipinski definition) is 1. The molecule has 0 aliphatic rings. The fraction of sp³-hybridized carbons (Fsp3) is 0.429. The van der Waals surface area contributed by atoms with E-state index in [-0.39, 0.29) is 6.54 Å². The Bertz CT molecular complexity index is 662. The molecule has 1 aromatic rings. The van der Waals surface area contributed by atoms with E-state index >= 15 is 0 Å². The maximum atomic E-state index is 11.9. The minimum absolute atomic E-state index is 0.307. The van der Waals surface area contributed by atoms with Gasteiger partial charge in [0.25, 0.3) is 5.91 Å². The number of anilines is 1. The molecule has 0 spiro atoms. The second kappa shape index (κ2) is 6.71. The van der Waals surface area contributed by atoms with E-state index in [0.29, 0.717) is 11.4 Å². The van der Waals surface area contributed by atoms with E-state index < -0.39 is 15.9 Å². The summed E-state index contributed by atoms with van der Waals surface area (Å²) in [6, 6.07) is 5.26. The van der Waals surface area contributed by atoms with Crippen LogP contribution in [0.4, 0.5) is 5.69 Å². The molecule has 1 amide bonds. The molecule has 0 aliphatic heterocycles. The first-order valence-corrected chi connectivity index (χ1v) is 8.31. The number of aryl methyl sites for hydroxylation is 2. The van der Waals surface area contributed by atoms with Crippen LogP contribution in [-0.4, -0.2) is 32.8 Å². The topological polar surface area (TPSA) is 78.8 Å². The van der Waals surface area contributed by atoms with E-state index in [9.17, 15) is 13.2 Å². The van der Waals surface area contributed by atoms with Gasteiger partial charge in [-0.05, 0) is 51.0 Å². The minimum Gasteiger partial charge on any atom is -0.271 e. The van der Waals surface area contributed by atoms with Crippen molar-refractivity contribution in [1.82, 2.24) is 5.43 Å². The van der Waals surface area contributed by atoms with Crippen LogP contribution in [0.2, 0.25) is 0 Å². The zero-order valence-electron chi connectivity index (χ0n) is 13.0. The summed E-state index contributed by atoms with van der Waals surface area (Å²) in [6.45, 7) is 6.99. The van der Waals surface area contributed by atoms with Crippen molar-refractivity contribution in [3.8, 4) is 0 Å². The molecule has 0 heterocycles. The lowest BCUT2D eigenvalue weighted by atomic mass is 10.1. The Kier molecular flexibility index (Phi) is 5.48. The number of hydrazone groups is 1. The van der Waals surface area contributed by atoms with E-state index in [1.54, 1.807) is 26.0 Å². The third-order valence-corrected chi connectivity index (χ3v) is 4.01. The molecule has 0 aromatic heterocycles. The molecule has 1 aromatic carbocycles. The van der Waals surface area contributed by atoms with Gasteiger partial charge in [0.1, 0.15) is 6.54 Å². The summed E-state index contributed by atoms with van der Waals surface area (Å²) in [5, 5.41) is 3.78. The SMILES string of the molecule is CC(C)=NNC(=O)CN(c1ccc(C)c(C)c1)S(C)(=O)=O. The molecule has 0 atom stereocenters. The van der Waals surface area contributed by atoms with Crippen molar-refractivity contribution in [3.63, 3.8) is 0 Å². The second-order valence-electron chi connectivity index (χ2n) is 5.13. The van der Waals surface area contributed by atoms with Crippen LogP contribution in [0.15, 0.2) is 23.3 Å². The molecule has 0 radical (unpaired) electrons. The maximum absolute atomic E-state index is 11.9. The highest BCUT2D eigenvalue weighted by molar-refractivity contribution is 7.92. The zero-order chi connectivity index (χ0) is 16.2. The lowest BCUT2D eigenvalue weighted by Crippen LogP contribution is -2.39. The smallest absolute Gasteiger partial charge is 0.260 e. The number of amides is 1. The third-order valence-electron chi connectivity index (χ3n) is 2.87. The molecule has 116 valence electrons. The Morgan fingerprint density at radius 2 is 1.86 bits per heavy atom. The molecule has 7 heteroatoms. The molecular formula is C14H21N3O3S. The lowest BCUT2D eigenvalue weighted by molar-refractivity contribution is -0.119. The summed E-state index contributed by atoms with van der Waals surface area (Å²) >= 11 is 0. The van der Waals surface area contributed by atoms with Gasteiger partial charge in [0.2, 0.25) is 10.0 Å². The lowest BCUT2D eigenvalue weighted by Gasteiger charge is -2.22. The van der Waals surface area contributed by atoms with Gasteiger partial charge in [-0.25, -0.2) is 13.8 Å². The predicted molar refractivity (Wildman–Crippen MR) is 85.0 cm³/mol. The van der Waals surface area contributed by atoms with Crippen molar-refractivity contribution >= 4 is 27.3 Å². The van der Waals surface area contributed by atoms with Crippen molar-refractivity contribution in [2.75, 3.05) is 17.1 Å². The molecule has 6 nitrogen and oxygen atoms in total. The van der Waals surface area contributed by atoms with Crippen LogP contribution in [0.1, 0.15) is 25.0 Å². The number of carbonyl (C=O) groups is 1. The third kappa shape index (κ3) is 5.18. The molecule has 21 heavy (non-hydrogen) atoms. The average molecular weight is 311 g/mol. The summed E-state index contributed by atoms with van der Waals surface area (Å²) in [7, 11) is -3.56. The van der Waals surface area contributed by atoms with Gasteiger partial charge in [-0.2, -0.15) is 5.10 Å². The fourth-order valence-corrected chi connectivity index (χ4v) is 2.47. The van der Waals surface area contributed by atoms with Gasteiger partial charge in [-0.3, -0.25) is 9.10 Å². The number of rotatable bonds is 5. The molecule has 0 saturated heterocycles. The Morgan fingerprint density at radius 3 is 2.33 bits per heavy atom. The Labute approximate surface area is 125 Å². The van der Waals surface area contributed by atoms with E-state index in [0.717, 1.165) is 21.7 Å². The average Bonchev–Trinajstić information content (AvgIpc) is 2.35. The Balaban J connectivity index is 3.05. The number of nitrogens with one attached hydrogen (secondary N) is 1. The zero-order valence-corrected chi connectivity index (χ0v) is 13.8. The standard InChI is InChI=1S/C14H21N3O3S/c1-10(2)15-16-14(18)9-17(21(5,19)20)13-7-6-11(3)12(4)8-13/h6-8H,9H2,1-5H3,(H,16,18). The van der Waals surface area contributed by atoms with Gasteiger partial charge in [0.15, 0.2) is 0 Å². The number of nitrogens with zero attached hydrogens (tertiary/aromatic N) is 2. The highest BCUT2D eigenvalue weighted by Crippen LogP contribution is 2.20. The van der Waals surface area contributed by atoms with Crippen molar-refractivity contribution in [2.45, 2.75) is 27.7 Å². The first kappa shape index (κ1) is 17.2.